The number of pyridine rings is 1. The van der Waals surface area contributed by atoms with E-state index >= 15 is 0 Å². The van der Waals surface area contributed by atoms with E-state index < -0.39 is 0 Å². The number of aromatic nitrogens is 1. The Morgan fingerprint density at radius 2 is 2.19 bits per heavy atom. The van der Waals surface area contributed by atoms with Crippen LogP contribution in [-0.4, -0.2) is 22.7 Å². The highest BCUT2D eigenvalue weighted by Gasteiger charge is 2.02. The minimum Gasteiger partial charge on any atom is -0.392 e. The Morgan fingerprint density at radius 1 is 1.38 bits per heavy atom. The fraction of sp³-hybridized carbons (Fsp3) is 0.308. The maximum Gasteiger partial charge on any atom is 0.0722 e. The van der Waals surface area contributed by atoms with Crippen molar-refractivity contribution in [3.8, 4) is 0 Å². The average Bonchev–Trinajstić information content (AvgIpc) is 2.26. The molecular formula is C13H16N2O. The van der Waals surface area contributed by atoms with Crippen LogP contribution in [0.3, 0.4) is 0 Å². The Bertz CT molecular complexity index is 494. The van der Waals surface area contributed by atoms with Gasteiger partial charge >= 0.3 is 0 Å². The minimum atomic E-state index is -0.354. The van der Waals surface area contributed by atoms with Gasteiger partial charge in [-0.05, 0) is 32.0 Å². The third kappa shape index (κ3) is 2.31. The molecule has 0 saturated heterocycles. The van der Waals surface area contributed by atoms with Crippen LogP contribution in [0.15, 0.2) is 30.5 Å². The number of aliphatic hydroxyl groups excluding tert-OH is 1. The van der Waals surface area contributed by atoms with Crippen molar-refractivity contribution in [2.24, 2.45) is 0 Å². The molecule has 0 aliphatic carbocycles. The molecule has 3 nitrogen and oxygen atoms in total. The highest BCUT2D eigenvalue weighted by molar-refractivity contribution is 5.91. The molecule has 0 saturated carbocycles. The van der Waals surface area contributed by atoms with Crippen LogP contribution in [0, 0.1) is 6.92 Å². The molecule has 0 bridgehead atoms. The van der Waals surface area contributed by atoms with Crippen LogP contribution >= 0.6 is 0 Å². The van der Waals surface area contributed by atoms with E-state index in [4.69, 9.17) is 0 Å². The molecule has 1 unspecified atom stereocenters. The fourth-order valence-electron chi connectivity index (χ4n) is 1.67. The van der Waals surface area contributed by atoms with E-state index in [2.05, 4.69) is 23.3 Å². The van der Waals surface area contributed by atoms with Gasteiger partial charge in [-0.1, -0.05) is 11.6 Å². The highest BCUT2D eigenvalue weighted by Crippen LogP contribution is 2.22. The molecule has 3 heteroatoms. The Kier molecular flexibility index (Phi) is 3.06. The lowest BCUT2D eigenvalue weighted by atomic mass is 10.1. The molecule has 84 valence electrons. The number of hydrogen-bond donors (Lipinski definition) is 2. The molecule has 1 aromatic heterocycles. The van der Waals surface area contributed by atoms with Gasteiger partial charge in [-0.3, -0.25) is 4.98 Å². The summed E-state index contributed by atoms with van der Waals surface area (Å²) in [5.74, 6) is 0. The normalized spacial score (nSPS) is 12.7. The SMILES string of the molecule is Cc1ccc2nccc(NCC(C)O)c2c1. The molecule has 0 fully saturated rings. The summed E-state index contributed by atoms with van der Waals surface area (Å²) in [6.45, 7) is 4.37. The van der Waals surface area contributed by atoms with Crippen LogP contribution in [-0.2, 0) is 0 Å². The largest absolute Gasteiger partial charge is 0.392 e. The summed E-state index contributed by atoms with van der Waals surface area (Å²) in [5.41, 5.74) is 3.20. The van der Waals surface area contributed by atoms with Crippen LogP contribution in [0.4, 0.5) is 5.69 Å². The predicted molar refractivity (Wildman–Crippen MR) is 66.7 cm³/mol. The monoisotopic (exact) mass is 216 g/mol. The molecule has 2 rings (SSSR count). The third-order valence-electron chi connectivity index (χ3n) is 2.48. The number of aryl methyl sites for hydroxylation is 1. The summed E-state index contributed by atoms with van der Waals surface area (Å²) in [6.07, 6.45) is 1.43. The van der Waals surface area contributed by atoms with Crippen LogP contribution in [0.1, 0.15) is 12.5 Å². The molecule has 1 atom stereocenters. The summed E-state index contributed by atoms with van der Waals surface area (Å²) in [6, 6.07) is 8.10. The van der Waals surface area contributed by atoms with E-state index in [1.54, 1.807) is 13.1 Å². The zero-order chi connectivity index (χ0) is 11.5. The fourth-order valence-corrected chi connectivity index (χ4v) is 1.67. The number of anilines is 1. The lowest BCUT2D eigenvalue weighted by molar-refractivity contribution is 0.208. The number of aliphatic hydroxyl groups is 1. The molecule has 0 spiro atoms. The van der Waals surface area contributed by atoms with E-state index in [1.165, 1.54) is 5.56 Å². The summed E-state index contributed by atoms with van der Waals surface area (Å²) < 4.78 is 0. The second-order valence-corrected chi connectivity index (χ2v) is 4.11. The van der Waals surface area contributed by atoms with Crippen molar-refractivity contribution >= 4 is 16.6 Å². The number of nitrogens with zero attached hydrogens (tertiary/aromatic N) is 1. The van der Waals surface area contributed by atoms with Crippen LogP contribution in [0.5, 0.6) is 0 Å². The maximum atomic E-state index is 9.26. The molecule has 2 aromatic rings. The number of hydrogen-bond acceptors (Lipinski definition) is 3. The van der Waals surface area contributed by atoms with Gasteiger partial charge in [-0.25, -0.2) is 0 Å². The van der Waals surface area contributed by atoms with Crippen molar-refractivity contribution in [3.63, 3.8) is 0 Å². The summed E-state index contributed by atoms with van der Waals surface area (Å²) in [4.78, 5) is 4.31. The van der Waals surface area contributed by atoms with Gasteiger partial charge in [-0.15, -0.1) is 0 Å². The van der Waals surface area contributed by atoms with Gasteiger partial charge in [0.25, 0.3) is 0 Å². The van der Waals surface area contributed by atoms with E-state index in [0.29, 0.717) is 6.54 Å². The number of rotatable bonds is 3. The molecule has 0 amide bonds. The van der Waals surface area contributed by atoms with E-state index in [9.17, 15) is 5.11 Å². The molecule has 0 aliphatic rings. The van der Waals surface area contributed by atoms with Gasteiger partial charge in [0.2, 0.25) is 0 Å². The Balaban J connectivity index is 2.40. The molecule has 2 N–H and O–H groups in total. The predicted octanol–water partition coefficient (Wildman–Crippen LogP) is 2.34. The zero-order valence-corrected chi connectivity index (χ0v) is 9.57. The highest BCUT2D eigenvalue weighted by atomic mass is 16.3. The quantitative estimate of drug-likeness (QED) is 0.827. The second-order valence-electron chi connectivity index (χ2n) is 4.11. The number of benzene rings is 1. The Labute approximate surface area is 95.1 Å². The van der Waals surface area contributed by atoms with Crippen molar-refractivity contribution in [3.05, 3.63) is 36.0 Å². The molecule has 0 aliphatic heterocycles. The van der Waals surface area contributed by atoms with Crippen molar-refractivity contribution in [2.45, 2.75) is 20.0 Å². The second kappa shape index (κ2) is 4.49. The van der Waals surface area contributed by atoms with Crippen LogP contribution in [0.2, 0.25) is 0 Å². The first kappa shape index (κ1) is 10.9. The minimum absolute atomic E-state index is 0.354. The Morgan fingerprint density at radius 3 is 2.94 bits per heavy atom. The van der Waals surface area contributed by atoms with Gasteiger partial charge in [-0.2, -0.15) is 0 Å². The van der Waals surface area contributed by atoms with E-state index in [0.717, 1.165) is 16.6 Å². The van der Waals surface area contributed by atoms with Gasteiger partial charge in [0.05, 0.1) is 11.6 Å². The van der Waals surface area contributed by atoms with Crippen molar-refractivity contribution in [1.29, 1.82) is 0 Å². The molecule has 1 aromatic carbocycles. The lowest BCUT2D eigenvalue weighted by Crippen LogP contribution is -2.15. The maximum absolute atomic E-state index is 9.26. The van der Waals surface area contributed by atoms with Gasteiger partial charge in [0.15, 0.2) is 0 Å². The van der Waals surface area contributed by atoms with Crippen molar-refractivity contribution in [1.82, 2.24) is 4.98 Å². The molecule has 1 heterocycles. The van der Waals surface area contributed by atoms with Crippen LogP contribution < -0.4 is 5.32 Å². The first-order valence-electron chi connectivity index (χ1n) is 5.44. The summed E-state index contributed by atoms with van der Waals surface area (Å²) in [7, 11) is 0. The average molecular weight is 216 g/mol. The summed E-state index contributed by atoms with van der Waals surface area (Å²) in [5, 5.41) is 13.6. The lowest BCUT2D eigenvalue weighted by Gasteiger charge is -2.11. The van der Waals surface area contributed by atoms with Gasteiger partial charge in [0.1, 0.15) is 0 Å². The molecule has 16 heavy (non-hydrogen) atoms. The van der Waals surface area contributed by atoms with Gasteiger partial charge in [0, 0.05) is 23.8 Å². The smallest absolute Gasteiger partial charge is 0.0722 e. The first-order valence-corrected chi connectivity index (χ1v) is 5.44. The number of nitrogens with one attached hydrogen (secondary N) is 1. The first-order chi connectivity index (χ1) is 7.66. The topological polar surface area (TPSA) is 45.2 Å². The van der Waals surface area contributed by atoms with Gasteiger partial charge < -0.3 is 10.4 Å². The van der Waals surface area contributed by atoms with Crippen molar-refractivity contribution < 1.29 is 5.11 Å². The zero-order valence-electron chi connectivity index (χ0n) is 9.57. The van der Waals surface area contributed by atoms with E-state index in [-0.39, 0.29) is 6.10 Å². The Hall–Kier alpha value is -1.61. The number of fused-ring (bicyclic) bond motifs is 1. The third-order valence-corrected chi connectivity index (χ3v) is 2.48. The van der Waals surface area contributed by atoms with Crippen molar-refractivity contribution in [2.75, 3.05) is 11.9 Å². The molecule has 0 radical (unpaired) electrons. The summed E-state index contributed by atoms with van der Waals surface area (Å²) >= 11 is 0. The molecular weight excluding hydrogens is 200 g/mol. The van der Waals surface area contributed by atoms with E-state index in [1.807, 2.05) is 18.2 Å². The van der Waals surface area contributed by atoms with Crippen LogP contribution in [0.25, 0.3) is 10.9 Å². The standard InChI is InChI=1S/C13H16N2O/c1-9-3-4-12-11(7-9)13(5-6-14-12)15-8-10(2)16/h3-7,10,16H,8H2,1-2H3,(H,14,15).